The average molecular weight is 260 g/mol. The molecule has 1 aliphatic heterocycles. The standard InChI is InChI=1S/C13H16ClF2N/c14-10-7-9(4-5-11(10)15)8-12(16)13-3-1-2-6-17-13/h4-5,7,12-13,17H,1-3,6,8H2. The summed E-state index contributed by atoms with van der Waals surface area (Å²) in [5.41, 5.74) is 0.747. The van der Waals surface area contributed by atoms with Crippen LogP contribution in [0.25, 0.3) is 0 Å². The van der Waals surface area contributed by atoms with E-state index in [1.165, 1.54) is 12.1 Å². The van der Waals surface area contributed by atoms with Crippen molar-refractivity contribution in [2.45, 2.75) is 37.9 Å². The molecule has 1 saturated heterocycles. The van der Waals surface area contributed by atoms with E-state index in [2.05, 4.69) is 5.32 Å². The van der Waals surface area contributed by atoms with Crippen molar-refractivity contribution in [1.82, 2.24) is 5.32 Å². The van der Waals surface area contributed by atoms with Crippen molar-refractivity contribution in [2.75, 3.05) is 6.54 Å². The highest BCUT2D eigenvalue weighted by molar-refractivity contribution is 6.30. The first-order chi connectivity index (χ1) is 8.16. The van der Waals surface area contributed by atoms with E-state index in [9.17, 15) is 8.78 Å². The van der Waals surface area contributed by atoms with Crippen molar-refractivity contribution in [3.63, 3.8) is 0 Å². The summed E-state index contributed by atoms with van der Waals surface area (Å²) in [6.07, 6.45) is 2.42. The van der Waals surface area contributed by atoms with E-state index < -0.39 is 12.0 Å². The number of nitrogens with one attached hydrogen (secondary N) is 1. The molecule has 1 aromatic carbocycles. The lowest BCUT2D eigenvalue weighted by molar-refractivity contribution is 0.217. The van der Waals surface area contributed by atoms with Crippen LogP contribution in [0.4, 0.5) is 8.78 Å². The molecule has 0 aliphatic carbocycles. The number of piperidine rings is 1. The third kappa shape index (κ3) is 3.39. The first-order valence-corrected chi connectivity index (χ1v) is 6.36. The van der Waals surface area contributed by atoms with Gasteiger partial charge in [0.1, 0.15) is 12.0 Å². The molecular weight excluding hydrogens is 244 g/mol. The van der Waals surface area contributed by atoms with Crippen molar-refractivity contribution >= 4 is 11.6 Å². The van der Waals surface area contributed by atoms with Crippen LogP contribution in [0.5, 0.6) is 0 Å². The van der Waals surface area contributed by atoms with Crippen LogP contribution in [-0.4, -0.2) is 18.8 Å². The number of hydrogen-bond donors (Lipinski definition) is 1. The Balaban J connectivity index is 1.96. The topological polar surface area (TPSA) is 12.0 Å². The maximum Gasteiger partial charge on any atom is 0.141 e. The second-order valence-corrected chi connectivity index (χ2v) is 4.93. The summed E-state index contributed by atoms with van der Waals surface area (Å²) < 4.78 is 27.0. The van der Waals surface area contributed by atoms with Gasteiger partial charge in [-0.1, -0.05) is 24.1 Å². The lowest BCUT2D eigenvalue weighted by atomic mass is 9.96. The molecule has 0 spiro atoms. The average Bonchev–Trinajstić information content (AvgIpc) is 2.35. The van der Waals surface area contributed by atoms with Crippen LogP contribution >= 0.6 is 11.6 Å². The highest BCUT2D eigenvalue weighted by Crippen LogP contribution is 2.20. The maximum atomic E-state index is 14.0. The molecule has 4 heteroatoms. The maximum absolute atomic E-state index is 14.0. The largest absolute Gasteiger partial charge is 0.311 e. The molecule has 1 nitrogen and oxygen atoms in total. The van der Waals surface area contributed by atoms with Crippen LogP contribution < -0.4 is 5.32 Å². The molecule has 94 valence electrons. The fraction of sp³-hybridized carbons (Fsp3) is 0.538. The van der Waals surface area contributed by atoms with Crippen LogP contribution in [0, 0.1) is 5.82 Å². The predicted molar refractivity (Wildman–Crippen MR) is 65.7 cm³/mol. The van der Waals surface area contributed by atoms with Crippen LogP contribution in [0.15, 0.2) is 18.2 Å². The number of hydrogen-bond acceptors (Lipinski definition) is 1. The van der Waals surface area contributed by atoms with E-state index >= 15 is 0 Å². The van der Waals surface area contributed by atoms with Crippen molar-refractivity contribution in [2.24, 2.45) is 0 Å². The highest BCUT2D eigenvalue weighted by atomic mass is 35.5. The van der Waals surface area contributed by atoms with Crippen molar-refractivity contribution in [1.29, 1.82) is 0 Å². The molecule has 1 fully saturated rings. The van der Waals surface area contributed by atoms with Crippen LogP contribution in [0.3, 0.4) is 0 Å². The number of rotatable bonds is 3. The lowest BCUT2D eigenvalue weighted by Crippen LogP contribution is -2.42. The van der Waals surface area contributed by atoms with E-state index in [1.807, 2.05) is 0 Å². The normalized spacial score (nSPS) is 22.4. The third-order valence-electron chi connectivity index (χ3n) is 3.20. The first kappa shape index (κ1) is 12.8. The molecule has 0 saturated carbocycles. The Hall–Kier alpha value is -0.670. The molecule has 0 bridgehead atoms. The summed E-state index contributed by atoms with van der Waals surface area (Å²) in [7, 11) is 0. The van der Waals surface area contributed by atoms with Gasteiger partial charge in [-0.05, 0) is 37.1 Å². The molecule has 17 heavy (non-hydrogen) atoms. The second kappa shape index (κ2) is 5.78. The molecule has 0 radical (unpaired) electrons. The number of benzene rings is 1. The van der Waals surface area contributed by atoms with Gasteiger partial charge >= 0.3 is 0 Å². The van der Waals surface area contributed by atoms with Crippen molar-refractivity contribution in [3.8, 4) is 0 Å². The van der Waals surface area contributed by atoms with Crippen molar-refractivity contribution in [3.05, 3.63) is 34.6 Å². The number of halogens is 3. The van der Waals surface area contributed by atoms with Gasteiger partial charge in [0.15, 0.2) is 0 Å². The van der Waals surface area contributed by atoms with E-state index in [0.29, 0.717) is 0 Å². The third-order valence-corrected chi connectivity index (χ3v) is 3.49. The monoisotopic (exact) mass is 259 g/mol. The Morgan fingerprint density at radius 1 is 1.41 bits per heavy atom. The molecule has 0 amide bonds. The highest BCUT2D eigenvalue weighted by Gasteiger charge is 2.23. The Bertz CT molecular complexity index is 378. The Morgan fingerprint density at radius 3 is 2.88 bits per heavy atom. The quantitative estimate of drug-likeness (QED) is 0.876. The van der Waals surface area contributed by atoms with Gasteiger partial charge in [-0.3, -0.25) is 0 Å². The zero-order valence-electron chi connectivity index (χ0n) is 9.56. The van der Waals surface area contributed by atoms with Gasteiger partial charge in [0.05, 0.1) is 5.02 Å². The smallest absolute Gasteiger partial charge is 0.141 e. The molecule has 1 aliphatic rings. The van der Waals surface area contributed by atoms with Gasteiger partial charge in [0.2, 0.25) is 0 Å². The van der Waals surface area contributed by atoms with Gasteiger partial charge in [0.25, 0.3) is 0 Å². The molecule has 1 aromatic rings. The summed E-state index contributed by atoms with van der Waals surface area (Å²) in [6, 6.07) is 4.31. The number of alkyl halides is 1. The van der Waals surface area contributed by atoms with E-state index in [1.54, 1.807) is 6.07 Å². The van der Waals surface area contributed by atoms with Gasteiger partial charge in [0, 0.05) is 12.5 Å². The van der Waals surface area contributed by atoms with Gasteiger partial charge < -0.3 is 5.32 Å². The van der Waals surface area contributed by atoms with Gasteiger partial charge in [-0.15, -0.1) is 0 Å². The molecule has 0 aromatic heterocycles. The fourth-order valence-corrected chi connectivity index (χ4v) is 2.42. The molecule has 1 heterocycles. The van der Waals surface area contributed by atoms with Crippen LogP contribution in [0.1, 0.15) is 24.8 Å². The molecular formula is C13H16ClF2N. The van der Waals surface area contributed by atoms with Crippen LogP contribution in [-0.2, 0) is 6.42 Å². The minimum Gasteiger partial charge on any atom is -0.311 e. The summed E-state index contributed by atoms with van der Waals surface area (Å²) in [5, 5.41) is 3.24. The van der Waals surface area contributed by atoms with Crippen molar-refractivity contribution < 1.29 is 8.78 Å². The zero-order valence-corrected chi connectivity index (χ0v) is 10.3. The molecule has 1 N–H and O–H groups in total. The zero-order chi connectivity index (χ0) is 12.3. The van der Waals surface area contributed by atoms with Crippen LogP contribution in [0.2, 0.25) is 5.02 Å². The minimum absolute atomic E-state index is 0.0614. The Labute approximate surface area is 105 Å². The first-order valence-electron chi connectivity index (χ1n) is 5.98. The van der Waals surface area contributed by atoms with E-state index in [-0.39, 0.29) is 17.5 Å². The van der Waals surface area contributed by atoms with Gasteiger partial charge in [-0.25, -0.2) is 8.78 Å². The summed E-state index contributed by atoms with van der Waals surface area (Å²) in [5.74, 6) is -0.457. The SMILES string of the molecule is Fc1ccc(CC(F)C2CCCCN2)cc1Cl. The molecule has 2 rings (SSSR count). The summed E-state index contributed by atoms with van der Waals surface area (Å²) in [6.45, 7) is 0.884. The summed E-state index contributed by atoms with van der Waals surface area (Å²) >= 11 is 5.67. The Morgan fingerprint density at radius 2 is 2.24 bits per heavy atom. The minimum atomic E-state index is -0.933. The van der Waals surface area contributed by atoms with E-state index in [4.69, 9.17) is 11.6 Å². The molecule has 2 unspecified atom stereocenters. The fourth-order valence-electron chi connectivity index (χ4n) is 2.22. The Kier molecular flexibility index (Phi) is 4.35. The summed E-state index contributed by atoms with van der Waals surface area (Å²) in [4.78, 5) is 0. The van der Waals surface area contributed by atoms with E-state index in [0.717, 1.165) is 31.4 Å². The molecule has 2 atom stereocenters. The second-order valence-electron chi connectivity index (χ2n) is 4.52. The predicted octanol–water partition coefficient (Wildman–Crippen LogP) is 3.50. The van der Waals surface area contributed by atoms with Gasteiger partial charge in [-0.2, -0.15) is 0 Å². The lowest BCUT2D eigenvalue weighted by Gasteiger charge is -2.26.